The third-order valence-corrected chi connectivity index (χ3v) is 5.22. The molecule has 0 radical (unpaired) electrons. The molecule has 0 saturated heterocycles. The van der Waals surface area contributed by atoms with Crippen molar-refractivity contribution in [1.29, 1.82) is 0 Å². The molecule has 0 N–H and O–H groups in total. The van der Waals surface area contributed by atoms with E-state index in [1.165, 1.54) is 11.1 Å². The molecule has 0 saturated carbocycles. The summed E-state index contributed by atoms with van der Waals surface area (Å²) in [4.78, 5) is 17.2. The minimum absolute atomic E-state index is 0.0632. The Balaban J connectivity index is 1.59. The normalized spacial score (nSPS) is 17.0. The molecule has 1 aromatic heterocycles. The number of Topliss-reactive ketones (excluding diaryl/α,β-unsaturated/α-hetero) is 1. The quantitative estimate of drug-likeness (QED) is 0.726. The van der Waals surface area contributed by atoms with Crippen LogP contribution >= 0.6 is 11.3 Å². The number of benzene rings is 2. The van der Waals surface area contributed by atoms with Gasteiger partial charge in [-0.2, -0.15) is 0 Å². The summed E-state index contributed by atoms with van der Waals surface area (Å²) in [5, 5.41) is 0.936. The molecule has 2 aromatic carbocycles. The topological polar surface area (TPSA) is 30.0 Å². The van der Waals surface area contributed by atoms with Gasteiger partial charge in [-0.3, -0.25) is 4.79 Å². The highest BCUT2D eigenvalue weighted by atomic mass is 32.1. The molecule has 1 unspecified atom stereocenters. The van der Waals surface area contributed by atoms with Crippen molar-refractivity contribution in [3.05, 3.63) is 64.7 Å². The maximum Gasteiger partial charge on any atom is 0.147 e. The van der Waals surface area contributed by atoms with Crippen LogP contribution in [0.5, 0.6) is 0 Å². The van der Waals surface area contributed by atoms with Crippen LogP contribution in [0, 0.1) is 0 Å². The predicted octanol–water partition coefficient (Wildman–Crippen LogP) is 4.14. The van der Waals surface area contributed by atoms with Gasteiger partial charge in [0, 0.05) is 5.92 Å². The Labute approximate surface area is 127 Å². The summed E-state index contributed by atoms with van der Waals surface area (Å²) in [5.41, 5.74) is 3.56. The summed E-state index contributed by atoms with van der Waals surface area (Å²) in [6.45, 7) is 0. The van der Waals surface area contributed by atoms with Gasteiger partial charge in [-0.1, -0.05) is 36.4 Å². The first-order chi connectivity index (χ1) is 10.3. The number of carbonyl (C=O) groups excluding carboxylic acids is 1. The molecule has 3 heteroatoms. The van der Waals surface area contributed by atoms with E-state index >= 15 is 0 Å². The molecular formula is C18H15NOS. The molecular weight excluding hydrogens is 278 g/mol. The third-order valence-electron chi connectivity index (χ3n) is 4.19. The maximum absolute atomic E-state index is 12.6. The average Bonchev–Trinajstić information content (AvgIpc) is 3.10. The zero-order chi connectivity index (χ0) is 14.2. The van der Waals surface area contributed by atoms with Crippen molar-refractivity contribution in [1.82, 2.24) is 4.98 Å². The lowest BCUT2D eigenvalue weighted by Crippen LogP contribution is -2.12. The van der Waals surface area contributed by atoms with Crippen molar-refractivity contribution in [2.75, 3.05) is 0 Å². The molecule has 0 bridgehead atoms. The Morgan fingerprint density at radius 3 is 2.86 bits per heavy atom. The summed E-state index contributed by atoms with van der Waals surface area (Å²) in [6.07, 6.45) is 2.42. The summed E-state index contributed by atoms with van der Waals surface area (Å²) < 4.78 is 1.16. The zero-order valence-electron chi connectivity index (χ0n) is 11.6. The van der Waals surface area contributed by atoms with E-state index in [4.69, 9.17) is 0 Å². The fraction of sp³-hybridized carbons (Fsp3) is 0.222. The van der Waals surface area contributed by atoms with E-state index in [2.05, 4.69) is 29.2 Å². The molecule has 1 heterocycles. The number of aryl methyl sites for hydroxylation is 1. The summed E-state index contributed by atoms with van der Waals surface area (Å²) in [6, 6.07) is 16.4. The van der Waals surface area contributed by atoms with Crippen LogP contribution in [-0.4, -0.2) is 10.8 Å². The first-order valence-electron chi connectivity index (χ1n) is 7.26. The van der Waals surface area contributed by atoms with Crippen molar-refractivity contribution in [3.63, 3.8) is 0 Å². The number of rotatable bonds is 3. The fourth-order valence-corrected chi connectivity index (χ4v) is 4.14. The van der Waals surface area contributed by atoms with Gasteiger partial charge in [0.2, 0.25) is 0 Å². The SMILES string of the molecule is O=C(Cc1nc2ccccc2s1)C1CCc2ccccc21. The number of hydrogen-bond acceptors (Lipinski definition) is 3. The number of thiazole rings is 1. The number of ketones is 1. The number of fused-ring (bicyclic) bond motifs is 2. The molecule has 0 aliphatic heterocycles. The molecule has 0 amide bonds. The van der Waals surface area contributed by atoms with Crippen LogP contribution in [0.2, 0.25) is 0 Å². The number of aromatic nitrogens is 1. The van der Waals surface area contributed by atoms with Gasteiger partial charge < -0.3 is 0 Å². The number of carbonyl (C=O) groups is 1. The Kier molecular flexibility index (Phi) is 3.08. The van der Waals surface area contributed by atoms with Gasteiger partial charge in [-0.15, -0.1) is 11.3 Å². The summed E-state index contributed by atoms with van der Waals surface area (Å²) in [5.74, 6) is 0.368. The van der Waals surface area contributed by atoms with Crippen molar-refractivity contribution in [2.24, 2.45) is 0 Å². The fourth-order valence-electron chi connectivity index (χ4n) is 3.16. The second-order valence-corrected chi connectivity index (χ2v) is 6.62. The zero-order valence-corrected chi connectivity index (χ0v) is 12.4. The van der Waals surface area contributed by atoms with E-state index in [9.17, 15) is 4.79 Å². The predicted molar refractivity (Wildman–Crippen MR) is 85.8 cm³/mol. The van der Waals surface area contributed by atoms with Crippen LogP contribution in [0.4, 0.5) is 0 Å². The Morgan fingerprint density at radius 1 is 1.14 bits per heavy atom. The molecule has 21 heavy (non-hydrogen) atoms. The van der Waals surface area contributed by atoms with Gasteiger partial charge in [-0.05, 0) is 36.1 Å². The first kappa shape index (κ1) is 12.7. The summed E-state index contributed by atoms with van der Waals surface area (Å²) in [7, 11) is 0. The Hall–Kier alpha value is -2.00. The van der Waals surface area contributed by atoms with Crippen LogP contribution in [0.15, 0.2) is 48.5 Å². The van der Waals surface area contributed by atoms with E-state index in [-0.39, 0.29) is 5.92 Å². The van der Waals surface area contributed by atoms with E-state index in [1.54, 1.807) is 11.3 Å². The smallest absolute Gasteiger partial charge is 0.147 e. The molecule has 104 valence electrons. The lowest BCUT2D eigenvalue weighted by Gasteiger charge is -2.09. The van der Waals surface area contributed by atoms with E-state index in [0.29, 0.717) is 12.2 Å². The van der Waals surface area contributed by atoms with Crippen molar-refractivity contribution < 1.29 is 4.79 Å². The lowest BCUT2D eigenvalue weighted by atomic mass is 9.95. The third kappa shape index (κ3) is 2.28. The number of nitrogens with zero attached hydrogens (tertiary/aromatic N) is 1. The molecule has 0 spiro atoms. The highest BCUT2D eigenvalue weighted by molar-refractivity contribution is 7.18. The molecule has 1 aliphatic rings. The molecule has 0 fully saturated rings. The van der Waals surface area contributed by atoms with Crippen LogP contribution < -0.4 is 0 Å². The average molecular weight is 293 g/mol. The lowest BCUT2D eigenvalue weighted by molar-refractivity contribution is -0.119. The van der Waals surface area contributed by atoms with E-state index < -0.39 is 0 Å². The molecule has 1 aliphatic carbocycles. The molecule has 3 aromatic rings. The molecule has 2 nitrogen and oxygen atoms in total. The van der Waals surface area contributed by atoms with Crippen LogP contribution in [0.3, 0.4) is 0 Å². The number of para-hydroxylation sites is 1. The van der Waals surface area contributed by atoms with Gasteiger partial charge in [0.15, 0.2) is 0 Å². The van der Waals surface area contributed by atoms with Gasteiger partial charge in [0.1, 0.15) is 10.8 Å². The van der Waals surface area contributed by atoms with Crippen molar-refractivity contribution in [2.45, 2.75) is 25.2 Å². The second kappa shape index (κ2) is 5.08. The second-order valence-electron chi connectivity index (χ2n) is 5.51. The highest BCUT2D eigenvalue weighted by Crippen LogP contribution is 2.34. The van der Waals surface area contributed by atoms with E-state index in [1.807, 2.05) is 24.3 Å². The van der Waals surface area contributed by atoms with Crippen molar-refractivity contribution in [3.8, 4) is 0 Å². The first-order valence-corrected chi connectivity index (χ1v) is 8.08. The largest absolute Gasteiger partial charge is 0.299 e. The molecule has 1 atom stereocenters. The Bertz CT molecular complexity index is 788. The van der Waals surface area contributed by atoms with Crippen LogP contribution in [0.1, 0.15) is 28.5 Å². The van der Waals surface area contributed by atoms with Gasteiger partial charge in [-0.25, -0.2) is 4.98 Å². The van der Waals surface area contributed by atoms with Gasteiger partial charge >= 0.3 is 0 Å². The van der Waals surface area contributed by atoms with Gasteiger partial charge in [0.25, 0.3) is 0 Å². The maximum atomic E-state index is 12.6. The monoisotopic (exact) mass is 293 g/mol. The highest BCUT2D eigenvalue weighted by Gasteiger charge is 2.28. The van der Waals surface area contributed by atoms with E-state index in [0.717, 1.165) is 28.1 Å². The minimum Gasteiger partial charge on any atom is -0.299 e. The van der Waals surface area contributed by atoms with Gasteiger partial charge in [0.05, 0.1) is 16.6 Å². The number of hydrogen-bond donors (Lipinski definition) is 0. The Morgan fingerprint density at radius 2 is 1.95 bits per heavy atom. The summed E-state index contributed by atoms with van der Waals surface area (Å²) >= 11 is 1.63. The van der Waals surface area contributed by atoms with Crippen molar-refractivity contribution >= 4 is 27.3 Å². The van der Waals surface area contributed by atoms with Crippen LogP contribution in [0.25, 0.3) is 10.2 Å². The molecule has 4 rings (SSSR count). The van der Waals surface area contributed by atoms with Crippen LogP contribution in [-0.2, 0) is 17.6 Å². The minimum atomic E-state index is 0.0632. The standard InChI is InChI=1S/C18H15NOS/c20-16(14-10-9-12-5-1-2-6-13(12)14)11-18-19-15-7-3-4-8-17(15)21-18/h1-8,14H,9-11H2.